The second-order valence-corrected chi connectivity index (χ2v) is 4.36. The molecule has 0 aliphatic carbocycles. The Kier molecular flexibility index (Phi) is 5.09. The molecule has 1 unspecified atom stereocenters. The maximum atomic E-state index is 12.5. The summed E-state index contributed by atoms with van der Waals surface area (Å²) in [5.41, 5.74) is 4.53. The number of rotatable bonds is 5. The molecule has 0 bridgehead atoms. The predicted molar refractivity (Wildman–Crippen MR) is 73.2 cm³/mol. The number of nitrogens with one attached hydrogen (secondary N) is 1. The Morgan fingerprint density at radius 3 is 2.72 bits per heavy atom. The quantitative estimate of drug-likeness (QED) is 0.619. The average molecular weight is 250 g/mol. The topological polar surface area (TPSA) is 71.2 Å². The molecule has 1 rings (SSSR count). The summed E-state index contributed by atoms with van der Waals surface area (Å²) in [7, 11) is 0. The largest absolute Gasteiger partial charge is 0.336 e. The van der Waals surface area contributed by atoms with Crippen LogP contribution in [0, 0.1) is 6.92 Å². The third-order valence-corrected chi connectivity index (χ3v) is 3.15. The summed E-state index contributed by atoms with van der Waals surface area (Å²) in [5, 5.41) is 0. The summed E-state index contributed by atoms with van der Waals surface area (Å²) in [6.45, 7) is 8.61. The van der Waals surface area contributed by atoms with Gasteiger partial charge in [-0.1, -0.05) is 6.92 Å². The smallest absolute Gasteiger partial charge is 0.257 e. The number of nitrogens with zero attached hydrogens (tertiary/aromatic N) is 2. The lowest BCUT2D eigenvalue weighted by atomic mass is 10.1. The van der Waals surface area contributed by atoms with E-state index in [9.17, 15) is 4.79 Å². The van der Waals surface area contributed by atoms with Crippen molar-refractivity contribution in [3.63, 3.8) is 0 Å². The van der Waals surface area contributed by atoms with Crippen LogP contribution >= 0.6 is 0 Å². The third-order valence-electron chi connectivity index (χ3n) is 3.15. The Bertz CT molecular complexity index is 419. The van der Waals surface area contributed by atoms with Crippen LogP contribution < -0.4 is 11.3 Å². The van der Waals surface area contributed by atoms with E-state index in [1.54, 1.807) is 12.3 Å². The number of nitrogen functional groups attached to an aromatic ring is 1. The summed E-state index contributed by atoms with van der Waals surface area (Å²) in [6.07, 6.45) is 2.50. The summed E-state index contributed by atoms with van der Waals surface area (Å²) < 4.78 is 0. The van der Waals surface area contributed by atoms with Gasteiger partial charge in [0, 0.05) is 24.5 Å². The van der Waals surface area contributed by atoms with Gasteiger partial charge >= 0.3 is 0 Å². The Labute approximate surface area is 108 Å². The van der Waals surface area contributed by atoms with Crippen LogP contribution in [0.25, 0.3) is 0 Å². The lowest BCUT2D eigenvalue weighted by Crippen LogP contribution is -2.38. The number of pyridine rings is 1. The molecule has 0 aromatic carbocycles. The van der Waals surface area contributed by atoms with Crippen LogP contribution in [0.4, 0.5) is 5.69 Å². The Hall–Kier alpha value is -1.62. The van der Waals surface area contributed by atoms with Gasteiger partial charge in [-0.15, -0.1) is 0 Å². The van der Waals surface area contributed by atoms with E-state index in [1.807, 2.05) is 25.7 Å². The number of aryl methyl sites for hydroxylation is 1. The van der Waals surface area contributed by atoms with Crippen LogP contribution in [0.1, 0.15) is 43.2 Å². The van der Waals surface area contributed by atoms with Gasteiger partial charge in [-0.25, -0.2) is 0 Å². The molecule has 18 heavy (non-hydrogen) atoms. The number of carbonyl (C=O) groups excluding carboxylic acids is 1. The molecule has 100 valence electrons. The fourth-order valence-corrected chi connectivity index (χ4v) is 1.88. The highest BCUT2D eigenvalue weighted by Crippen LogP contribution is 2.18. The number of hydrazine groups is 1. The number of amides is 1. The summed E-state index contributed by atoms with van der Waals surface area (Å²) in [4.78, 5) is 18.5. The highest BCUT2D eigenvalue weighted by molar-refractivity contribution is 5.99. The molecule has 5 nitrogen and oxygen atoms in total. The minimum atomic E-state index is -0.0349. The van der Waals surface area contributed by atoms with Gasteiger partial charge in [-0.05, 0) is 33.3 Å². The van der Waals surface area contributed by atoms with Crippen molar-refractivity contribution in [2.45, 2.75) is 40.2 Å². The molecule has 0 spiro atoms. The van der Waals surface area contributed by atoms with Gasteiger partial charge in [0.2, 0.25) is 0 Å². The molecule has 5 heteroatoms. The van der Waals surface area contributed by atoms with E-state index in [0.29, 0.717) is 17.8 Å². The molecule has 0 aliphatic heterocycles. The van der Waals surface area contributed by atoms with Crippen molar-refractivity contribution < 1.29 is 4.79 Å². The van der Waals surface area contributed by atoms with Crippen LogP contribution in [0.3, 0.4) is 0 Å². The third kappa shape index (κ3) is 2.98. The van der Waals surface area contributed by atoms with Crippen molar-refractivity contribution in [3.8, 4) is 0 Å². The first-order valence-corrected chi connectivity index (χ1v) is 6.29. The minimum absolute atomic E-state index is 0.0349. The van der Waals surface area contributed by atoms with Crippen LogP contribution in [-0.2, 0) is 0 Å². The maximum Gasteiger partial charge on any atom is 0.257 e. The van der Waals surface area contributed by atoms with Gasteiger partial charge < -0.3 is 10.3 Å². The van der Waals surface area contributed by atoms with Crippen LogP contribution in [0.15, 0.2) is 12.3 Å². The van der Waals surface area contributed by atoms with Gasteiger partial charge in [-0.2, -0.15) is 0 Å². The number of hydrogen-bond acceptors (Lipinski definition) is 4. The van der Waals surface area contributed by atoms with E-state index in [0.717, 1.165) is 12.1 Å². The average Bonchev–Trinajstić information content (AvgIpc) is 2.38. The standard InChI is InChI=1S/C13H22N4O/c1-5-10(4)17(6-2)13(18)11-8-15-9(3)7-12(11)16-14/h7-8,10H,5-6,14H2,1-4H3,(H,15,16). The normalized spacial score (nSPS) is 12.1. The molecule has 1 aromatic heterocycles. The van der Waals surface area contributed by atoms with E-state index < -0.39 is 0 Å². The molecule has 0 saturated heterocycles. The molecule has 1 heterocycles. The number of carbonyl (C=O) groups is 1. The van der Waals surface area contributed by atoms with Gasteiger partial charge in [0.25, 0.3) is 5.91 Å². The molecule has 1 atom stereocenters. The number of anilines is 1. The van der Waals surface area contributed by atoms with Crippen LogP contribution in [0.5, 0.6) is 0 Å². The second kappa shape index (κ2) is 6.35. The van der Waals surface area contributed by atoms with E-state index in [4.69, 9.17) is 5.84 Å². The van der Waals surface area contributed by atoms with Gasteiger partial charge in [-0.3, -0.25) is 15.6 Å². The van der Waals surface area contributed by atoms with Crippen molar-refractivity contribution >= 4 is 11.6 Å². The van der Waals surface area contributed by atoms with E-state index in [1.165, 1.54) is 0 Å². The first-order chi connectivity index (χ1) is 8.54. The fourth-order valence-electron chi connectivity index (χ4n) is 1.88. The zero-order chi connectivity index (χ0) is 13.7. The van der Waals surface area contributed by atoms with E-state index >= 15 is 0 Å². The summed E-state index contributed by atoms with van der Waals surface area (Å²) in [5.74, 6) is 5.42. The highest BCUT2D eigenvalue weighted by Gasteiger charge is 2.21. The SMILES string of the molecule is CCC(C)N(CC)C(=O)c1cnc(C)cc1NN. The number of hydrogen-bond donors (Lipinski definition) is 2. The minimum Gasteiger partial charge on any atom is -0.336 e. The molecular formula is C13H22N4O. The van der Waals surface area contributed by atoms with Crippen LogP contribution in [0.2, 0.25) is 0 Å². The first kappa shape index (κ1) is 14.4. The van der Waals surface area contributed by atoms with Crippen molar-refractivity contribution in [3.05, 3.63) is 23.5 Å². The summed E-state index contributed by atoms with van der Waals surface area (Å²) in [6, 6.07) is 1.98. The van der Waals surface area contributed by atoms with Crippen molar-refractivity contribution in [1.82, 2.24) is 9.88 Å². The Balaban J connectivity index is 3.09. The Morgan fingerprint density at radius 1 is 1.56 bits per heavy atom. The lowest BCUT2D eigenvalue weighted by molar-refractivity contribution is 0.0700. The maximum absolute atomic E-state index is 12.5. The molecule has 0 radical (unpaired) electrons. The number of nitrogens with two attached hydrogens (primary N) is 1. The second-order valence-electron chi connectivity index (χ2n) is 4.36. The summed E-state index contributed by atoms with van der Waals surface area (Å²) >= 11 is 0. The highest BCUT2D eigenvalue weighted by atomic mass is 16.2. The molecule has 1 amide bonds. The molecule has 0 aliphatic rings. The predicted octanol–water partition coefficient (Wildman–Crippen LogP) is 1.94. The molecule has 0 fully saturated rings. The first-order valence-electron chi connectivity index (χ1n) is 6.29. The van der Waals surface area contributed by atoms with Crippen molar-refractivity contribution in [2.24, 2.45) is 5.84 Å². The number of aromatic nitrogens is 1. The van der Waals surface area contributed by atoms with Crippen LogP contribution in [-0.4, -0.2) is 28.4 Å². The molecule has 0 saturated carbocycles. The Morgan fingerprint density at radius 2 is 2.22 bits per heavy atom. The molecular weight excluding hydrogens is 228 g/mol. The fraction of sp³-hybridized carbons (Fsp3) is 0.538. The van der Waals surface area contributed by atoms with E-state index in [-0.39, 0.29) is 11.9 Å². The van der Waals surface area contributed by atoms with Gasteiger partial charge in [0.05, 0.1) is 11.3 Å². The van der Waals surface area contributed by atoms with Gasteiger partial charge in [0.1, 0.15) is 0 Å². The van der Waals surface area contributed by atoms with Gasteiger partial charge in [0.15, 0.2) is 0 Å². The van der Waals surface area contributed by atoms with Crippen molar-refractivity contribution in [1.29, 1.82) is 0 Å². The monoisotopic (exact) mass is 250 g/mol. The zero-order valence-corrected chi connectivity index (χ0v) is 11.5. The van der Waals surface area contributed by atoms with Crippen molar-refractivity contribution in [2.75, 3.05) is 12.0 Å². The lowest BCUT2D eigenvalue weighted by Gasteiger charge is -2.27. The molecule has 3 N–H and O–H groups in total. The molecule has 1 aromatic rings. The van der Waals surface area contributed by atoms with E-state index in [2.05, 4.69) is 17.3 Å². The zero-order valence-electron chi connectivity index (χ0n) is 11.5.